The van der Waals surface area contributed by atoms with Gasteiger partial charge in [0.25, 0.3) is 0 Å². The third kappa shape index (κ3) is 4.79. The van der Waals surface area contributed by atoms with E-state index in [1.54, 1.807) is 14.2 Å². The second-order valence-corrected chi connectivity index (χ2v) is 6.98. The van der Waals surface area contributed by atoms with Crippen LogP contribution in [0.1, 0.15) is 61.3 Å². The molecular formula is C24H28O4. The molecule has 0 heterocycles. The van der Waals surface area contributed by atoms with Gasteiger partial charge in [-0.25, -0.2) is 0 Å². The van der Waals surface area contributed by atoms with Crippen molar-refractivity contribution in [3.8, 4) is 29.1 Å². The molecule has 0 radical (unpaired) electrons. The van der Waals surface area contributed by atoms with Gasteiger partial charge in [-0.3, -0.25) is 0 Å². The molecule has 2 aromatic carbocycles. The minimum Gasteiger partial charge on any atom is -0.496 e. The quantitative estimate of drug-likeness (QED) is 0.526. The van der Waals surface area contributed by atoms with Crippen LogP contribution >= 0.6 is 0 Å². The van der Waals surface area contributed by atoms with E-state index in [0.29, 0.717) is 17.2 Å². The van der Waals surface area contributed by atoms with Gasteiger partial charge in [0, 0.05) is 16.7 Å². The van der Waals surface area contributed by atoms with Gasteiger partial charge in [-0.1, -0.05) is 25.2 Å². The van der Waals surface area contributed by atoms with Crippen molar-refractivity contribution in [2.45, 2.75) is 44.6 Å². The lowest BCUT2D eigenvalue weighted by molar-refractivity contribution is 0.231. The first-order valence-electron chi connectivity index (χ1n) is 9.85. The molecule has 1 aliphatic carbocycles. The number of rotatable bonds is 8. The van der Waals surface area contributed by atoms with E-state index in [-0.39, 0.29) is 0 Å². The van der Waals surface area contributed by atoms with E-state index >= 15 is 0 Å². The van der Waals surface area contributed by atoms with Gasteiger partial charge in [0.15, 0.2) is 0 Å². The van der Waals surface area contributed by atoms with Crippen LogP contribution in [-0.2, 0) is 0 Å². The van der Waals surface area contributed by atoms with E-state index in [0.717, 1.165) is 54.9 Å². The van der Waals surface area contributed by atoms with Crippen molar-refractivity contribution in [1.29, 1.82) is 0 Å². The maximum Gasteiger partial charge on any atom is 0.144 e. The zero-order valence-corrected chi connectivity index (χ0v) is 16.8. The second-order valence-electron chi connectivity index (χ2n) is 6.98. The SMILES string of the molecule is CCCCOc1ccc(C#CC(O)c2ccc(OC)c(C3CC3)c2OC)cc1. The molecule has 0 saturated heterocycles. The molecule has 0 aliphatic heterocycles. The Morgan fingerprint density at radius 3 is 2.43 bits per heavy atom. The van der Waals surface area contributed by atoms with Crippen molar-refractivity contribution in [1.82, 2.24) is 0 Å². The molecule has 0 spiro atoms. The standard InChI is InChI=1S/C24H28O4/c1-4-5-16-28-19-11-6-17(7-12-19)8-14-21(25)20-13-15-22(26-2)23(18-9-10-18)24(20)27-3/h6-7,11-13,15,18,21,25H,4-5,9-10,16H2,1-3H3. The van der Waals surface area contributed by atoms with Crippen LogP contribution in [0.3, 0.4) is 0 Å². The summed E-state index contributed by atoms with van der Waals surface area (Å²) in [4.78, 5) is 0. The van der Waals surface area contributed by atoms with Crippen LogP contribution in [0, 0.1) is 11.8 Å². The predicted molar refractivity (Wildman–Crippen MR) is 110 cm³/mol. The van der Waals surface area contributed by atoms with Gasteiger partial charge in [-0.15, -0.1) is 0 Å². The van der Waals surface area contributed by atoms with Gasteiger partial charge in [0.1, 0.15) is 23.4 Å². The average Bonchev–Trinajstić information content (AvgIpc) is 3.57. The van der Waals surface area contributed by atoms with E-state index in [2.05, 4.69) is 18.8 Å². The van der Waals surface area contributed by atoms with Gasteiger partial charge in [0.05, 0.1) is 20.8 Å². The fourth-order valence-electron chi connectivity index (χ4n) is 3.18. The van der Waals surface area contributed by atoms with Crippen molar-refractivity contribution < 1.29 is 19.3 Å². The van der Waals surface area contributed by atoms with Gasteiger partial charge in [-0.2, -0.15) is 0 Å². The molecule has 1 unspecified atom stereocenters. The lowest BCUT2D eigenvalue weighted by atomic mass is 9.99. The maximum atomic E-state index is 10.7. The number of aliphatic hydroxyl groups is 1. The van der Waals surface area contributed by atoms with E-state index in [9.17, 15) is 5.11 Å². The van der Waals surface area contributed by atoms with Crippen LogP contribution in [-0.4, -0.2) is 25.9 Å². The number of hydrogen-bond acceptors (Lipinski definition) is 4. The van der Waals surface area contributed by atoms with Gasteiger partial charge >= 0.3 is 0 Å². The summed E-state index contributed by atoms with van der Waals surface area (Å²) in [6, 6.07) is 11.3. The monoisotopic (exact) mass is 380 g/mol. The Labute approximate surface area is 167 Å². The summed E-state index contributed by atoms with van der Waals surface area (Å²) < 4.78 is 16.8. The Kier molecular flexibility index (Phi) is 6.84. The van der Waals surface area contributed by atoms with Crippen LogP contribution in [0.4, 0.5) is 0 Å². The molecule has 4 heteroatoms. The smallest absolute Gasteiger partial charge is 0.144 e. The summed E-state index contributed by atoms with van der Waals surface area (Å²) in [6.45, 7) is 2.86. The van der Waals surface area contributed by atoms with Crippen LogP contribution in [0.5, 0.6) is 17.2 Å². The van der Waals surface area contributed by atoms with Crippen molar-refractivity contribution in [2.75, 3.05) is 20.8 Å². The minimum atomic E-state index is -0.932. The third-order valence-electron chi connectivity index (χ3n) is 4.86. The highest BCUT2D eigenvalue weighted by molar-refractivity contribution is 5.55. The van der Waals surface area contributed by atoms with E-state index in [1.165, 1.54) is 0 Å². The first kappa shape index (κ1) is 20.1. The Morgan fingerprint density at radius 2 is 1.82 bits per heavy atom. The lowest BCUT2D eigenvalue weighted by Crippen LogP contribution is -2.03. The predicted octanol–water partition coefficient (Wildman–Crippen LogP) is 4.85. The van der Waals surface area contributed by atoms with E-state index in [4.69, 9.17) is 14.2 Å². The summed E-state index contributed by atoms with van der Waals surface area (Å²) in [5, 5.41) is 10.7. The Morgan fingerprint density at radius 1 is 1.07 bits per heavy atom. The summed E-state index contributed by atoms with van der Waals surface area (Å²) in [5.41, 5.74) is 2.55. The van der Waals surface area contributed by atoms with Crippen LogP contribution in [0.15, 0.2) is 36.4 Å². The molecule has 0 aromatic heterocycles. The molecule has 2 aromatic rings. The Balaban J connectivity index is 1.77. The summed E-state index contributed by atoms with van der Waals surface area (Å²) >= 11 is 0. The van der Waals surface area contributed by atoms with Crippen molar-refractivity contribution in [3.05, 3.63) is 53.1 Å². The molecular weight excluding hydrogens is 352 g/mol. The molecule has 0 bridgehead atoms. The number of ether oxygens (including phenoxy) is 3. The summed E-state index contributed by atoms with van der Waals surface area (Å²) in [7, 11) is 3.29. The molecule has 1 fully saturated rings. The van der Waals surface area contributed by atoms with Gasteiger partial charge < -0.3 is 19.3 Å². The number of aliphatic hydroxyl groups excluding tert-OH is 1. The highest BCUT2D eigenvalue weighted by Crippen LogP contribution is 2.50. The van der Waals surface area contributed by atoms with Crippen molar-refractivity contribution in [2.24, 2.45) is 0 Å². The van der Waals surface area contributed by atoms with E-state index < -0.39 is 6.10 Å². The highest BCUT2D eigenvalue weighted by Gasteiger charge is 2.32. The highest BCUT2D eigenvalue weighted by atomic mass is 16.5. The van der Waals surface area contributed by atoms with Crippen molar-refractivity contribution >= 4 is 0 Å². The molecule has 148 valence electrons. The maximum absolute atomic E-state index is 10.7. The average molecular weight is 380 g/mol. The van der Waals surface area contributed by atoms with E-state index in [1.807, 2.05) is 36.4 Å². The Hall–Kier alpha value is -2.64. The van der Waals surface area contributed by atoms with Gasteiger partial charge in [-0.05, 0) is 61.6 Å². The lowest BCUT2D eigenvalue weighted by Gasteiger charge is -2.17. The topological polar surface area (TPSA) is 47.9 Å². The second kappa shape index (κ2) is 9.52. The number of hydrogen-bond donors (Lipinski definition) is 1. The molecule has 28 heavy (non-hydrogen) atoms. The molecule has 1 N–H and O–H groups in total. The van der Waals surface area contributed by atoms with Gasteiger partial charge in [0.2, 0.25) is 0 Å². The largest absolute Gasteiger partial charge is 0.496 e. The zero-order chi connectivity index (χ0) is 19.9. The number of methoxy groups -OCH3 is 2. The molecule has 1 saturated carbocycles. The van der Waals surface area contributed by atoms with Crippen LogP contribution in [0.25, 0.3) is 0 Å². The van der Waals surface area contributed by atoms with Crippen LogP contribution < -0.4 is 14.2 Å². The molecule has 1 aliphatic rings. The molecule has 3 rings (SSSR count). The summed E-state index contributed by atoms with van der Waals surface area (Å²) in [6.07, 6.45) is 3.45. The first-order chi connectivity index (χ1) is 13.7. The molecule has 1 atom stereocenters. The third-order valence-corrected chi connectivity index (χ3v) is 4.86. The normalized spacial score (nSPS) is 14.0. The molecule has 0 amide bonds. The number of benzene rings is 2. The summed E-state index contributed by atoms with van der Waals surface area (Å²) in [5.74, 6) is 8.73. The minimum absolute atomic E-state index is 0.435. The van der Waals surface area contributed by atoms with Crippen molar-refractivity contribution in [3.63, 3.8) is 0 Å². The number of unbranched alkanes of at least 4 members (excludes halogenated alkanes) is 1. The van der Waals surface area contributed by atoms with Crippen LogP contribution in [0.2, 0.25) is 0 Å². The fraction of sp³-hybridized carbons (Fsp3) is 0.417. The first-order valence-corrected chi connectivity index (χ1v) is 9.85. The fourth-order valence-corrected chi connectivity index (χ4v) is 3.18. The Bertz CT molecular complexity index is 841. The molecule has 4 nitrogen and oxygen atoms in total. The zero-order valence-electron chi connectivity index (χ0n) is 16.8.